The van der Waals surface area contributed by atoms with Crippen molar-refractivity contribution in [3.8, 4) is 16.8 Å². The second-order valence-corrected chi connectivity index (χ2v) is 12.7. The van der Waals surface area contributed by atoms with Crippen molar-refractivity contribution in [1.29, 1.82) is 5.26 Å². The van der Waals surface area contributed by atoms with E-state index in [2.05, 4.69) is 16.5 Å². The van der Waals surface area contributed by atoms with Crippen molar-refractivity contribution in [3.05, 3.63) is 74.4 Å². The number of carbonyl (C=O) groups excluding carboxylic acids is 1. The van der Waals surface area contributed by atoms with E-state index in [1.54, 1.807) is 57.8 Å². The lowest BCUT2D eigenvalue weighted by atomic mass is 10.0. The molecule has 1 aromatic carbocycles. The third-order valence-electron chi connectivity index (χ3n) is 8.07. The van der Waals surface area contributed by atoms with Crippen LogP contribution in [0.1, 0.15) is 71.6 Å². The molecule has 0 unspecified atom stereocenters. The Bertz CT molecular complexity index is 1850. The molecule has 0 saturated heterocycles. The molecule has 0 saturated carbocycles. The van der Waals surface area contributed by atoms with Gasteiger partial charge in [-0.2, -0.15) is 10.4 Å². The average molecular weight is 653 g/mol. The molecule has 2 atom stereocenters. The van der Waals surface area contributed by atoms with Crippen molar-refractivity contribution < 1.29 is 18.7 Å². The van der Waals surface area contributed by atoms with Crippen LogP contribution in [0.3, 0.4) is 0 Å². The summed E-state index contributed by atoms with van der Waals surface area (Å²) < 4.78 is 30.7. The van der Waals surface area contributed by atoms with E-state index in [9.17, 15) is 24.0 Å². The molecule has 0 fully saturated rings. The molecule has 0 aliphatic carbocycles. The van der Waals surface area contributed by atoms with E-state index in [0.717, 1.165) is 4.57 Å². The van der Waals surface area contributed by atoms with Crippen molar-refractivity contribution >= 4 is 27.5 Å². The first-order valence-electron chi connectivity index (χ1n) is 15.4. The lowest BCUT2D eigenvalue weighted by Gasteiger charge is -2.29. The van der Waals surface area contributed by atoms with Gasteiger partial charge in [0.1, 0.15) is 33.0 Å². The molecule has 46 heavy (non-hydrogen) atoms. The fraction of sp³-hybridized carbons (Fsp3) is 0.485. The van der Waals surface area contributed by atoms with E-state index in [1.165, 1.54) is 34.1 Å². The maximum Gasteiger partial charge on any atom is 0.333 e. The minimum Gasteiger partial charge on any atom is -0.493 e. The first kappa shape index (κ1) is 34.6. The zero-order valence-corrected chi connectivity index (χ0v) is 28.1. The normalized spacial score (nSPS) is 13.1. The molecule has 0 radical (unpaired) electrons. The summed E-state index contributed by atoms with van der Waals surface area (Å²) in [5, 5.41) is 17.7. The fourth-order valence-corrected chi connectivity index (χ4v) is 6.56. The molecule has 246 valence electrons. The molecule has 1 amide bonds. The van der Waals surface area contributed by atoms with Gasteiger partial charge >= 0.3 is 5.69 Å². The number of thiophene rings is 1. The van der Waals surface area contributed by atoms with Gasteiger partial charge in [0, 0.05) is 29.6 Å². The van der Waals surface area contributed by atoms with E-state index >= 15 is 0 Å². The maximum absolute atomic E-state index is 14.7. The standard InChI is InChI=1S/C33H41FN6O5S/c1-8-23(9-2)37-31(42)33(6,7)40-28(41)27-21(5)29(39-15-11-14-36-39)46-30(27)38(32(40)43)18-26(45-19-20(4)17-35)24-16-22(34)12-13-25(24)44-10-3/h11-16,20,23,26H,8-10,18-19H2,1-7H3,(H,37,42)/t20-,26-/m0/s1. The minimum atomic E-state index is -1.58. The first-order chi connectivity index (χ1) is 21.9. The number of halogens is 1. The summed E-state index contributed by atoms with van der Waals surface area (Å²) in [5.74, 6) is -1.14. The number of hydrogen-bond donors (Lipinski definition) is 1. The van der Waals surface area contributed by atoms with Crippen molar-refractivity contribution in [2.45, 2.75) is 85.5 Å². The number of ether oxygens (including phenoxy) is 2. The van der Waals surface area contributed by atoms with Crippen LogP contribution in [0.25, 0.3) is 15.2 Å². The lowest BCUT2D eigenvalue weighted by molar-refractivity contribution is -0.129. The van der Waals surface area contributed by atoms with Crippen LogP contribution in [0, 0.1) is 30.0 Å². The van der Waals surface area contributed by atoms with Crippen LogP contribution in [0.5, 0.6) is 5.75 Å². The number of nitriles is 1. The highest BCUT2D eigenvalue weighted by atomic mass is 32.1. The molecule has 1 N–H and O–H groups in total. The topological polar surface area (TPSA) is 133 Å². The highest BCUT2D eigenvalue weighted by Crippen LogP contribution is 2.35. The second kappa shape index (κ2) is 14.4. The maximum atomic E-state index is 14.7. The highest BCUT2D eigenvalue weighted by Gasteiger charge is 2.37. The number of nitrogens with one attached hydrogen (secondary N) is 1. The number of rotatable bonds is 14. The van der Waals surface area contributed by atoms with Gasteiger partial charge in [-0.05, 0) is 71.7 Å². The van der Waals surface area contributed by atoms with Crippen molar-refractivity contribution in [1.82, 2.24) is 24.2 Å². The molecule has 4 rings (SSSR count). The first-order valence-corrected chi connectivity index (χ1v) is 16.2. The molecular formula is C33H41FN6O5S. The Morgan fingerprint density at radius 2 is 1.93 bits per heavy atom. The SMILES string of the molecule is CCOc1ccc(F)cc1[C@H](Cn1c(=O)n(C(C)(C)C(=O)NC(CC)CC)c(=O)c2c(C)c(-n3cccn3)sc21)OC[C@@H](C)C#N. The van der Waals surface area contributed by atoms with Crippen molar-refractivity contribution in [2.24, 2.45) is 5.92 Å². The van der Waals surface area contributed by atoms with Crippen LogP contribution in [0.4, 0.5) is 4.39 Å². The summed E-state index contributed by atoms with van der Waals surface area (Å²) in [4.78, 5) is 42.9. The molecule has 11 nitrogen and oxygen atoms in total. The van der Waals surface area contributed by atoms with E-state index in [4.69, 9.17) is 9.47 Å². The molecule has 0 aliphatic heterocycles. The third-order valence-corrected chi connectivity index (χ3v) is 9.37. The number of carbonyl (C=O) groups is 1. The van der Waals surface area contributed by atoms with Crippen LogP contribution in [-0.4, -0.2) is 44.1 Å². The Hall–Kier alpha value is -4.28. The average Bonchev–Trinajstić information content (AvgIpc) is 3.68. The van der Waals surface area contributed by atoms with Crippen LogP contribution in [0.2, 0.25) is 0 Å². The van der Waals surface area contributed by atoms with Crippen molar-refractivity contribution in [2.75, 3.05) is 13.2 Å². The molecule has 0 spiro atoms. The van der Waals surface area contributed by atoms with Gasteiger partial charge in [0.2, 0.25) is 5.91 Å². The Labute approximate surface area is 271 Å². The predicted octanol–water partition coefficient (Wildman–Crippen LogP) is 5.21. The number of amides is 1. The molecule has 3 heterocycles. The second-order valence-electron chi connectivity index (χ2n) is 11.7. The Morgan fingerprint density at radius 3 is 2.54 bits per heavy atom. The predicted molar refractivity (Wildman–Crippen MR) is 175 cm³/mol. The number of nitrogens with zero attached hydrogens (tertiary/aromatic N) is 5. The Kier molecular flexibility index (Phi) is 10.9. The highest BCUT2D eigenvalue weighted by molar-refractivity contribution is 7.21. The van der Waals surface area contributed by atoms with Gasteiger partial charge < -0.3 is 14.8 Å². The smallest absolute Gasteiger partial charge is 0.333 e. The Balaban J connectivity index is 2.01. The molecule has 4 aromatic rings. The minimum absolute atomic E-state index is 0.00783. The summed E-state index contributed by atoms with van der Waals surface area (Å²) in [6.07, 6.45) is 3.76. The van der Waals surface area contributed by atoms with Crippen LogP contribution in [-0.2, 0) is 21.6 Å². The van der Waals surface area contributed by atoms with E-state index < -0.39 is 40.5 Å². The zero-order chi connectivity index (χ0) is 33.8. The van der Waals surface area contributed by atoms with E-state index in [0.29, 0.717) is 46.2 Å². The number of fused-ring (bicyclic) bond motifs is 1. The summed E-state index contributed by atoms with van der Waals surface area (Å²) in [5.41, 5.74) is -1.98. The van der Waals surface area contributed by atoms with Crippen LogP contribution < -0.4 is 21.3 Å². The van der Waals surface area contributed by atoms with Gasteiger partial charge in [0.15, 0.2) is 0 Å². The fourth-order valence-electron chi connectivity index (χ4n) is 5.31. The largest absolute Gasteiger partial charge is 0.493 e. The summed E-state index contributed by atoms with van der Waals surface area (Å²) in [6.45, 7) is 12.4. The number of benzene rings is 1. The molecular weight excluding hydrogens is 611 g/mol. The van der Waals surface area contributed by atoms with Crippen LogP contribution >= 0.6 is 11.3 Å². The molecule has 0 bridgehead atoms. The lowest BCUT2D eigenvalue weighted by Crippen LogP contribution is -2.57. The van der Waals surface area contributed by atoms with Gasteiger partial charge in [-0.1, -0.05) is 25.2 Å². The van der Waals surface area contributed by atoms with Crippen LogP contribution in [0.15, 0.2) is 46.2 Å². The quantitative estimate of drug-likeness (QED) is 0.198. The molecule has 0 aliphatic rings. The van der Waals surface area contributed by atoms with Gasteiger partial charge in [-0.25, -0.2) is 18.4 Å². The number of aromatic nitrogens is 4. The van der Waals surface area contributed by atoms with Crippen molar-refractivity contribution in [3.63, 3.8) is 0 Å². The zero-order valence-electron chi connectivity index (χ0n) is 27.3. The third kappa shape index (κ3) is 6.78. The monoisotopic (exact) mass is 652 g/mol. The summed E-state index contributed by atoms with van der Waals surface area (Å²) in [7, 11) is 0. The van der Waals surface area contributed by atoms with E-state index in [1.807, 2.05) is 13.8 Å². The summed E-state index contributed by atoms with van der Waals surface area (Å²) >= 11 is 1.20. The summed E-state index contributed by atoms with van der Waals surface area (Å²) in [6, 6.07) is 7.80. The molecule has 3 aromatic heterocycles. The van der Waals surface area contributed by atoms with Gasteiger partial charge in [-0.15, -0.1) is 0 Å². The van der Waals surface area contributed by atoms with Gasteiger partial charge in [0.05, 0.1) is 37.1 Å². The van der Waals surface area contributed by atoms with Gasteiger partial charge in [-0.3, -0.25) is 14.2 Å². The number of aryl methyl sites for hydroxylation is 1. The molecule has 13 heteroatoms. The van der Waals surface area contributed by atoms with E-state index in [-0.39, 0.29) is 24.6 Å². The Morgan fingerprint density at radius 1 is 1.22 bits per heavy atom. The number of hydrogen-bond acceptors (Lipinski definition) is 8. The van der Waals surface area contributed by atoms with Gasteiger partial charge in [0.25, 0.3) is 5.56 Å².